The van der Waals surface area contributed by atoms with Gasteiger partial charge in [-0.15, -0.1) is 0 Å². The van der Waals surface area contributed by atoms with Crippen LogP contribution < -0.4 is 11.3 Å². The van der Waals surface area contributed by atoms with Crippen LogP contribution in [0.3, 0.4) is 0 Å². The fraction of sp³-hybridized carbons (Fsp3) is 0.125. The minimum atomic E-state index is -1.35. The van der Waals surface area contributed by atoms with Crippen molar-refractivity contribution in [3.05, 3.63) is 33.2 Å². The molecule has 14 heavy (non-hydrogen) atoms. The number of aromatic amines is 1. The molecule has 0 radical (unpaired) electrons. The summed E-state index contributed by atoms with van der Waals surface area (Å²) >= 11 is 0. The fourth-order valence-corrected chi connectivity index (χ4v) is 1.17. The van der Waals surface area contributed by atoms with Crippen LogP contribution in [0.2, 0.25) is 0 Å². The van der Waals surface area contributed by atoms with Crippen molar-refractivity contribution in [1.29, 1.82) is 0 Å². The highest BCUT2D eigenvalue weighted by molar-refractivity contribution is 6.04. The number of carboxylic acid groups (broad SMARTS) is 1. The molecule has 0 fully saturated rings. The predicted octanol–water partition coefficient (Wildman–Crippen LogP) is -0.520. The van der Waals surface area contributed by atoms with Crippen LogP contribution in [0.4, 0.5) is 0 Å². The van der Waals surface area contributed by atoms with Gasteiger partial charge in [-0.2, -0.15) is 0 Å². The number of aryl methyl sites for hydroxylation is 1. The topological polar surface area (TPSA) is 113 Å². The van der Waals surface area contributed by atoms with Crippen LogP contribution >= 0.6 is 0 Å². The first-order valence-corrected chi connectivity index (χ1v) is 3.70. The molecule has 0 aromatic carbocycles. The SMILES string of the molecule is Cc1[nH]c(=O)cc(C(=O)O)c1C(N)=O. The van der Waals surface area contributed by atoms with Gasteiger partial charge in [0.1, 0.15) is 0 Å². The zero-order valence-electron chi connectivity index (χ0n) is 7.33. The van der Waals surface area contributed by atoms with Crippen molar-refractivity contribution in [2.75, 3.05) is 0 Å². The molecule has 6 heteroatoms. The number of nitrogens with two attached hydrogens (primary N) is 1. The molecule has 0 saturated heterocycles. The van der Waals surface area contributed by atoms with E-state index in [-0.39, 0.29) is 16.8 Å². The van der Waals surface area contributed by atoms with Gasteiger partial charge in [0.05, 0.1) is 11.1 Å². The standard InChI is InChI=1S/C8H8N2O4/c1-3-6(7(9)12)4(8(13)14)2-5(11)10-3/h2H,1H3,(H2,9,12)(H,10,11)(H,13,14). The van der Waals surface area contributed by atoms with Gasteiger partial charge in [0.25, 0.3) is 5.91 Å². The van der Waals surface area contributed by atoms with Gasteiger partial charge in [0, 0.05) is 11.8 Å². The van der Waals surface area contributed by atoms with Crippen LogP contribution in [-0.4, -0.2) is 22.0 Å². The van der Waals surface area contributed by atoms with E-state index in [2.05, 4.69) is 4.98 Å². The third-order valence-corrected chi connectivity index (χ3v) is 1.71. The maximum atomic E-state index is 10.9. The maximum absolute atomic E-state index is 10.9. The van der Waals surface area contributed by atoms with E-state index in [0.717, 1.165) is 6.07 Å². The van der Waals surface area contributed by atoms with Gasteiger partial charge >= 0.3 is 5.97 Å². The number of H-pyrrole nitrogens is 1. The Morgan fingerprint density at radius 3 is 2.50 bits per heavy atom. The first-order chi connectivity index (χ1) is 6.43. The Labute approximate surface area is 78.4 Å². The number of carbonyl (C=O) groups excluding carboxylic acids is 1. The smallest absolute Gasteiger partial charge is 0.336 e. The van der Waals surface area contributed by atoms with Crippen molar-refractivity contribution in [2.24, 2.45) is 5.73 Å². The summed E-state index contributed by atoms with van der Waals surface area (Å²) in [5.74, 6) is -2.23. The monoisotopic (exact) mass is 196 g/mol. The zero-order chi connectivity index (χ0) is 10.9. The number of hydrogen-bond donors (Lipinski definition) is 3. The molecule has 0 unspecified atom stereocenters. The molecule has 1 amide bonds. The summed E-state index contributed by atoms with van der Waals surface area (Å²) in [5, 5.41) is 8.70. The number of carboxylic acids is 1. The van der Waals surface area contributed by atoms with Gasteiger partial charge in [0.2, 0.25) is 5.56 Å². The molecule has 1 aromatic rings. The summed E-state index contributed by atoms with van der Waals surface area (Å²) in [6.45, 7) is 1.41. The van der Waals surface area contributed by atoms with Gasteiger partial charge in [0.15, 0.2) is 0 Å². The third-order valence-electron chi connectivity index (χ3n) is 1.71. The molecule has 0 aliphatic heterocycles. The zero-order valence-corrected chi connectivity index (χ0v) is 7.33. The number of hydrogen-bond acceptors (Lipinski definition) is 3. The fourth-order valence-electron chi connectivity index (χ4n) is 1.17. The lowest BCUT2D eigenvalue weighted by Crippen LogP contribution is -2.22. The second-order valence-corrected chi connectivity index (χ2v) is 2.72. The van der Waals surface area contributed by atoms with Crippen LogP contribution in [0.5, 0.6) is 0 Å². The number of aromatic carboxylic acids is 1. The summed E-state index contributed by atoms with van der Waals surface area (Å²) in [5.41, 5.74) is 4.01. The van der Waals surface area contributed by atoms with E-state index in [9.17, 15) is 14.4 Å². The van der Waals surface area contributed by atoms with Gasteiger partial charge in [-0.25, -0.2) is 4.79 Å². The van der Waals surface area contributed by atoms with Gasteiger partial charge in [-0.05, 0) is 6.92 Å². The Morgan fingerprint density at radius 1 is 1.50 bits per heavy atom. The molecule has 0 aliphatic carbocycles. The summed E-state index contributed by atoms with van der Waals surface area (Å²) in [6, 6.07) is 0.829. The van der Waals surface area contributed by atoms with Crippen molar-refractivity contribution in [3.8, 4) is 0 Å². The summed E-state index contributed by atoms with van der Waals surface area (Å²) in [6.07, 6.45) is 0. The Hall–Kier alpha value is -2.11. The van der Waals surface area contributed by atoms with Gasteiger partial charge in [-0.3, -0.25) is 9.59 Å². The highest BCUT2D eigenvalue weighted by Gasteiger charge is 2.17. The number of aromatic nitrogens is 1. The van der Waals surface area contributed by atoms with Crippen LogP contribution in [0, 0.1) is 6.92 Å². The van der Waals surface area contributed by atoms with E-state index in [0.29, 0.717) is 0 Å². The molecule has 0 atom stereocenters. The minimum absolute atomic E-state index is 0.155. The average molecular weight is 196 g/mol. The largest absolute Gasteiger partial charge is 0.478 e. The maximum Gasteiger partial charge on any atom is 0.336 e. The predicted molar refractivity (Wildman–Crippen MR) is 47.3 cm³/mol. The molecule has 4 N–H and O–H groups in total. The Morgan fingerprint density at radius 2 is 2.07 bits per heavy atom. The molecule has 6 nitrogen and oxygen atoms in total. The first kappa shape index (κ1) is 9.97. The van der Waals surface area contributed by atoms with Crippen molar-refractivity contribution in [2.45, 2.75) is 6.92 Å². The second kappa shape index (κ2) is 3.33. The summed E-state index contributed by atoms with van der Waals surface area (Å²) in [7, 11) is 0. The van der Waals surface area contributed by atoms with Crippen molar-refractivity contribution < 1.29 is 14.7 Å². The molecule has 1 rings (SSSR count). The molecule has 74 valence electrons. The summed E-state index contributed by atoms with van der Waals surface area (Å²) < 4.78 is 0. The van der Waals surface area contributed by atoms with E-state index in [1.165, 1.54) is 6.92 Å². The minimum Gasteiger partial charge on any atom is -0.478 e. The van der Waals surface area contributed by atoms with Crippen molar-refractivity contribution in [1.82, 2.24) is 4.98 Å². The normalized spacial score (nSPS) is 9.79. The third kappa shape index (κ3) is 1.63. The van der Waals surface area contributed by atoms with E-state index in [1.807, 2.05) is 0 Å². The van der Waals surface area contributed by atoms with Crippen molar-refractivity contribution >= 4 is 11.9 Å². The number of carbonyl (C=O) groups is 2. The van der Waals surface area contributed by atoms with E-state index in [1.54, 1.807) is 0 Å². The molecule has 0 aliphatic rings. The molecule has 1 aromatic heterocycles. The number of nitrogens with one attached hydrogen (secondary N) is 1. The summed E-state index contributed by atoms with van der Waals surface area (Å²) in [4.78, 5) is 34.8. The molecule has 0 bridgehead atoms. The number of pyridine rings is 1. The highest BCUT2D eigenvalue weighted by atomic mass is 16.4. The lowest BCUT2D eigenvalue weighted by molar-refractivity contribution is 0.0691. The molecule has 0 saturated carbocycles. The van der Waals surface area contributed by atoms with E-state index in [4.69, 9.17) is 10.8 Å². The Kier molecular flexibility index (Phi) is 2.37. The quantitative estimate of drug-likeness (QED) is 0.590. The molecular weight excluding hydrogens is 188 g/mol. The van der Waals surface area contributed by atoms with E-state index < -0.39 is 17.4 Å². The van der Waals surface area contributed by atoms with Crippen LogP contribution in [0.25, 0.3) is 0 Å². The number of rotatable bonds is 2. The Balaban J connectivity index is 3.61. The molecule has 1 heterocycles. The molecule has 0 spiro atoms. The number of amides is 1. The van der Waals surface area contributed by atoms with Crippen LogP contribution in [0.15, 0.2) is 10.9 Å². The first-order valence-electron chi connectivity index (χ1n) is 3.70. The van der Waals surface area contributed by atoms with Crippen LogP contribution in [0.1, 0.15) is 26.4 Å². The van der Waals surface area contributed by atoms with Crippen LogP contribution in [-0.2, 0) is 0 Å². The van der Waals surface area contributed by atoms with Crippen molar-refractivity contribution in [3.63, 3.8) is 0 Å². The lowest BCUT2D eigenvalue weighted by Gasteiger charge is -2.04. The number of primary amides is 1. The molecular formula is C8H8N2O4. The van der Waals surface area contributed by atoms with E-state index >= 15 is 0 Å². The second-order valence-electron chi connectivity index (χ2n) is 2.72. The highest BCUT2D eigenvalue weighted by Crippen LogP contribution is 2.08. The lowest BCUT2D eigenvalue weighted by atomic mass is 10.1. The van der Waals surface area contributed by atoms with Gasteiger partial charge in [-0.1, -0.05) is 0 Å². The van der Waals surface area contributed by atoms with Gasteiger partial charge < -0.3 is 15.8 Å². The Bertz CT molecular complexity index is 461. The average Bonchev–Trinajstić information content (AvgIpc) is 2.01.